The van der Waals surface area contributed by atoms with Crippen LogP contribution in [-0.4, -0.2) is 35.3 Å². The zero-order chi connectivity index (χ0) is 19.3. The molecule has 1 saturated heterocycles. The maximum atomic E-state index is 13.9. The third-order valence-electron chi connectivity index (χ3n) is 6.32. The van der Waals surface area contributed by atoms with Crippen LogP contribution in [0.15, 0.2) is 54.6 Å². The van der Waals surface area contributed by atoms with E-state index in [4.69, 9.17) is 0 Å². The first-order valence-corrected chi connectivity index (χ1v) is 10.0. The molecule has 5 unspecified atom stereocenters. The molecule has 2 aromatic rings. The summed E-state index contributed by atoms with van der Waals surface area (Å²) in [7, 11) is 0. The summed E-state index contributed by atoms with van der Waals surface area (Å²) in [4.78, 5) is 27.0. The number of hydrogen-bond acceptors (Lipinski definition) is 2. The first-order chi connectivity index (χ1) is 13.6. The number of carbonyl (C=O) groups is 2. The number of benzene rings is 2. The van der Waals surface area contributed by atoms with Crippen molar-refractivity contribution in [3.05, 3.63) is 71.5 Å². The summed E-state index contributed by atoms with van der Waals surface area (Å²) in [5.41, 5.74) is 1.90. The Labute approximate surface area is 163 Å². The van der Waals surface area contributed by atoms with Crippen LogP contribution in [0.5, 0.6) is 0 Å². The molecule has 1 aliphatic heterocycles. The molecular weight excluding hydrogens is 355 g/mol. The lowest BCUT2D eigenvalue weighted by molar-refractivity contribution is -0.128. The fourth-order valence-electron chi connectivity index (χ4n) is 4.65. The average molecular weight is 378 g/mol. The van der Waals surface area contributed by atoms with Crippen molar-refractivity contribution in [3.8, 4) is 0 Å². The van der Waals surface area contributed by atoms with Gasteiger partial charge in [0.05, 0.1) is 6.04 Å². The largest absolute Gasteiger partial charge is 0.351 e. The van der Waals surface area contributed by atoms with Crippen molar-refractivity contribution in [2.75, 3.05) is 6.54 Å². The second-order valence-electron chi connectivity index (χ2n) is 8.25. The van der Waals surface area contributed by atoms with Crippen molar-refractivity contribution in [3.63, 3.8) is 0 Å². The zero-order valence-electron chi connectivity index (χ0n) is 15.6. The smallest absolute Gasteiger partial charge is 0.225 e. The van der Waals surface area contributed by atoms with Crippen LogP contribution < -0.4 is 5.32 Å². The zero-order valence-corrected chi connectivity index (χ0v) is 15.6. The Morgan fingerprint density at radius 3 is 2.54 bits per heavy atom. The quantitative estimate of drug-likeness (QED) is 0.869. The van der Waals surface area contributed by atoms with Crippen molar-refractivity contribution < 1.29 is 14.0 Å². The van der Waals surface area contributed by atoms with Gasteiger partial charge in [-0.15, -0.1) is 0 Å². The van der Waals surface area contributed by atoms with E-state index in [0.717, 1.165) is 6.42 Å². The summed E-state index contributed by atoms with van der Waals surface area (Å²) in [5, 5.41) is 3.03. The van der Waals surface area contributed by atoms with Crippen molar-refractivity contribution >= 4 is 11.8 Å². The molecule has 3 aliphatic rings. The highest BCUT2D eigenvalue weighted by atomic mass is 19.1. The first kappa shape index (κ1) is 17.4. The minimum absolute atomic E-state index is 0.0414. The van der Waals surface area contributed by atoms with Crippen LogP contribution in [-0.2, 0) is 9.59 Å². The lowest BCUT2D eigenvalue weighted by Gasteiger charge is -2.17. The molecule has 3 fully saturated rings. The molecular formula is C23H23FN2O2. The number of nitrogens with zero attached hydrogens (tertiary/aromatic N) is 1. The van der Waals surface area contributed by atoms with Gasteiger partial charge in [-0.2, -0.15) is 0 Å². The third kappa shape index (κ3) is 3.19. The van der Waals surface area contributed by atoms with Crippen LogP contribution in [0.4, 0.5) is 4.39 Å². The van der Waals surface area contributed by atoms with Gasteiger partial charge in [0.1, 0.15) is 5.82 Å². The van der Waals surface area contributed by atoms with Gasteiger partial charge < -0.3 is 10.2 Å². The molecule has 2 saturated carbocycles. The first-order valence-electron chi connectivity index (χ1n) is 10.0. The van der Waals surface area contributed by atoms with Gasteiger partial charge in [-0.1, -0.05) is 48.5 Å². The summed E-state index contributed by atoms with van der Waals surface area (Å²) in [6.45, 7) is 0.579. The van der Waals surface area contributed by atoms with Gasteiger partial charge in [0.2, 0.25) is 11.8 Å². The highest BCUT2D eigenvalue weighted by Crippen LogP contribution is 2.49. The topological polar surface area (TPSA) is 49.4 Å². The van der Waals surface area contributed by atoms with Gasteiger partial charge >= 0.3 is 0 Å². The van der Waals surface area contributed by atoms with E-state index in [1.807, 2.05) is 23.1 Å². The molecule has 1 N–H and O–H groups in total. The SMILES string of the molecule is O=C(NC1CC(=O)N(C2CC2c2ccccc2)C1)C1CC1c1ccccc1F. The van der Waals surface area contributed by atoms with Crippen molar-refractivity contribution in [1.29, 1.82) is 0 Å². The van der Waals surface area contributed by atoms with Gasteiger partial charge in [-0.25, -0.2) is 4.39 Å². The van der Waals surface area contributed by atoms with E-state index >= 15 is 0 Å². The number of likely N-dealkylation sites (tertiary alicyclic amines) is 1. The van der Waals surface area contributed by atoms with Gasteiger partial charge in [0, 0.05) is 30.8 Å². The molecule has 5 rings (SSSR count). The summed E-state index contributed by atoms with van der Waals surface area (Å²) in [6, 6.07) is 17.1. The third-order valence-corrected chi connectivity index (χ3v) is 6.32. The van der Waals surface area contributed by atoms with Gasteiger partial charge in [0.15, 0.2) is 0 Å². The van der Waals surface area contributed by atoms with Crippen molar-refractivity contribution in [1.82, 2.24) is 10.2 Å². The standard InChI is InChI=1S/C23H23FN2O2/c24-20-9-5-4-8-16(20)18-11-19(18)23(28)25-15-10-22(27)26(13-15)21-12-17(21)14-6-2-1-3-7-14/h1-9,15,17-19,21H,10-13H2,(H,25,28). The van der Waals surface area contributed by atoms with Crippen molar-refractivity contribution in [2.24, 2.45) is 5.92 Å². The molecule has 2 aromatic carbocycles. The predicted octanol–water partition coefficient (Wildman–Crippen LogP) is 3.20. The lowest BCUT2D eigenvalue weighted by atomic mass is 10.1. The van der Waals surface area contributed by atoms with E-state index in [0.29, 0.717) is 30.9 Å². The van der Waals surface area contributed by atoms with E-state index in [9.17, 15) is 14.0 Å². The van der Waals surface area contributed by atoms with Crippen LogP contribution in [0, 0.1) is 11.7 Å². The van der Waals surface area contributed by atoms with Crippen LogP contribution in [0.25, 0.3) is 0 Å². The monoisotopic (exact) mass is 378 g/mol. The van der Waals surface area contributed by atoms with E-state index < -0.39 is 0 Å². The Bertz CT molecular complexity index is 916. The summed E-state index contributed by atoms with van der Waals surface area (Å²) in [5.74, 6) is 0.0111. The fraction of sp³-hybridized carbons (Fsp3) is 0.391. The molecule has 0 aromatic heterocycles. The number of carbonyl (C=O) groups excluding carboxylic acids is 2. The predicted molar refractivity (Wildman–Crippen MR) is 103 cm³/mol. The van der Waals surface area contributed by atoms with E-state index in [-0.39, 0.29) is 41.6 Å². The molecule has 5 atom stereocenters. The average Bonchev–Trinajstić information content (AvgIpc) is 3.61. The summed E-state index contributed by atoms with van der Waals surface area (Å²) < 4.78 is 13.9. The molecule has 5 heteroatoms. The molecule has 0 radical (unpaired) electrons. The van der Waals surface area contributed by atoms with Crippen LogP contribution >= 0.6 is 0 Å². The Morgan fingerprint density at radius 2 is 1.75 bits per heavy atom. The minimum atomic E-state index is -0.245. The highest BCUT2D eigenvalue weighted by molar-refractivity contribution is 5.86. The summed E-state index contributed by atoms with van der Waals surface area (Å²) >= 11 is 0. The second kappa shape index (κ2) is 6.73. The van der Waals surface area contributed by atoms with Crippen LogP contribution in [0.2, 0.25) is 0 Å². The Kier molecular flexibility index (Phi) is 4.18. The Morgan fingerprint density at radius 1 is 1.00 bits per heavy atom. The normalized spacial score (nSPS) is 31.0. The molecule has 0 spiro atoms. The van der Waals surface area contributed by atoms with E-state index in [1.165, 1.54) is 11.6 Å². The number of nitrogens with one attached hydrogen (secondary N) is 1. The Balaban J connectivity index is 1.17. The van der Waals surface area contributed by atoms with Crippen LogP contribution in [0.1, 0.15) is 42.2 Å². The van der Waals surface area contributed by atoms with Crippen molar-refractivity contribution in [2.45, 2.75) is 43.2 Å². The minimum Gasteiger partial charge on any atom is -0.351 e. The molecule has 144 valence electrons. The molecule has 4 nitrogen and oxygen atoms in total. The molecule has 28 heavy (non-hydrogen) atoms. The fourth-order valence-corrected chi connectivity index (χ4v) is 4.65. The number of amides is 2. The lowest BCUT2D eigenvalue weighted by Crippen LogP contribution is -2.38. The maximum absolute atomic E-state index is 13.9. The van der Waals surface area contributed by atoms with Gasteiger partial charge in [-0.05, 0) is 36.0 Å². The molecule has 2 amide bonds. The second-order valence-corrected chi connectivity index (χ2v) is 8.25. The van der Waals surface area contributed by atoms with Crippen LogP contribution in [0.3, 0.4) is 0 Å². The molecule has 0 bridgehead atoms. The number of hydrogen-bond donors (Lipinski definition) is 1. The van der Waals surface area contributed by atoms with Gasteiger partial charge in [0.25, 0.3) is 0 Å². The number of halogens is 1. The number of rotatable bonds is 5. The van der Waals surface area contributed by atoms with E-state index in [2.05, 4.69) is 17.4 Å². The van der Waals surface area contributed by atoms with E-state index in [1.54, 1.807) is 18.2 Å². The summed E-state index contributed by atoms with van der Waals surface area (Å²) in [6.07, 6.45) is 2.03. The van der Waals surface area contributed by atoms with Gasteiger partial charge in [-0.3, -0.25) is 9.59 Å². The maximum Gasteiger partial charge on any atom is 0.225 e. The highest BCUT2D eigenvalue weighted by Gasteiger charge is 2.49. The Hall–Kier alpha value is -2.69. The molecule has 1 heterocycles. The molecule has 2 aliphatic carbocycles.